The van der Waals surface area contributed by atoms with Gasteiger partial charge in [0, 0.05) is 6.07 Å². The van der Waals surface area contributed by atoms with Crippen LogP contribution >= 0.6 is 15.9 Å². The van der Waals surface area contributed by atoms with Crippen molar-refractivity contribution in [2.45, 2.75) is 0 Å². The summed E-state index contributed by atoms with van der Waals surface area (Å²) in [5.74, 6) is 1.33. The maximum atomic E-state index is 8.86. The normalized spacial score (nSPS) is 9.70. The smallest absolute Gasteiger partial charge is 0.232 e. The lowest BCUT2D eigenvalue weighted by Crippen LogP contribution is -2.01. The molecule has 0 unspecified atom stereocenters. The Balaban J connectivity index is 2.32. The summed E-state index contributed by atoms with van der Waals surface area (Å²) >= 11 is 3.28. The van der Waals surface area contributed by atoms with Gasteiger partial charge >= 0.3 is 0 Å². The highest BCUT2D eigenvalue weighted by Crippen LogP contribution is 2.29. The van der Waals surface area contributed by atoms with Crippen molar-refractivity contribution in [2.24, 2.45) is 0 Å². The molecule has 0 saturated heterocycles. The molecule has 0 aliphatic heterocycles. The van der Waals surface area contributed by atoms with Gasteiger partial charge in [0.15, 0.2) is 0 Å². The highest BCUT2D eigenvalue weighted by molar-refractivity contribution is 9.10. The molecule has 1 N–H and O–H groups in total. The number of ether oxygens (including phenoxy) is 2. The molecule has 0 aliphatic carbocycles. The fourth-order valence-electron chi connectivity index (χ4n) is 1.54. The number of nitriles is 1. The molecule has 0 fully saturated rings. The summed E-state index contributed by atoms with van der Waals surface area (Å²) in [6.07, 6.45) is 1.59. The van der Waals surface area contributed by atoms with Crippen LogP contribution in [0, 0.1) is 11.3 Å². The SMILES string of the molecule is COc1cc(C#N)ccc1Nc1ncc(Br)c(OC)n1. The number of hydrogen-bond donors (Lipinski definition) is 1. The molecule has 1 heterocycles. The van der Waals surface area contributed by atoms with Crippen LogP contribution in [-0.2, 0) is 0 Å². The monoisotopic (exact) mass is 334 g/mol. The van der Waals surface area contributed by atoms with Gasteiger partial charge in [-0.3, -0.25) is 0 Å². The fourth-order valence-corrected chi connectivity index (χ4v) is 1.89. The van der Waals surface area contributed by atoms with Crippen LogP contribution in [0.1, 0.15) is 5.56 Å². The molecule has 7 heteroatoms. The van der Waals surface area contributed by atoms with Crippen LogP contribution in [0.4, 0.5) is 11.6 Å². The third-order valence-corrected chi connectivity index (χ3v) is 3.03. The summed E-state index contributed by atoms with van der Waals surface area (Å²) in [6.45, 7) is 0. The molecule has 0 amide bonds. The Kier molecular flexibility index (Phi) is 4.38. The minimum Gasteiger partial charge on any atom is -0.495 e. The minimum atomic E-state index is 0.369. The van der Waals surface area contributed by atoms with Crippen molar-refractivity contribution in [2.75, 3.05) is 19.5 Å². The third-order valence-electron chi connectivity index (χ3n) is 2.48. The van der Waals surface area contributed by atoms with E-state index < -0.39 is 0 Å². The summed E-state index contributed by atoms with van der Waals surface area (Å²) in [5, 5.41) is 11.9. The first-order valence-corrected chi connectivity index (χ1v) is 6.39. The van der Waals surface area contributed by atoms with E-state index in [1.54, 1.807) is 24.4 Å². The number of methoxy groups -OCH3 is 2. The topological polar surface area (TPSA) is 80.1 Å². The van der Waals surface area contributed by atoms with E-state index in [9.17, 15) is 0 Å². The number of rotatable bonds is 4. The second-order valence-corrected chi connectivity index (χ2v) is 4.56. The zero-order valence-corrected chi connectivity index (χ0v) is 12.4. The van der Waals surface area contributed by atoms with Crippen molar-refractivity contribution < 1.29 is 9.47 Å². The second-order valence-electron chi connectivity index (χ2n) is 3.70. The number of hydrogen-bond acceptors (Lipinski definition) is 6. The van der Waals surface area contributed by atoms with Gasteiger partial charge in [-0.1, -0.05) is 0 Å². The largest absolute Gasteiger partial charge is 0.495 e. The molecular formula is C13H11BrN4O2. The minimum absolute atomic E-state index is 0.369. The number of halogens is 1. The Morgan fingerprint density at radius 2 is 2.10 bits per heavy atom. The van der Waals surface area contributed by atoms with E-state index >= 15 is 0 Å². The van der Waals surface area contributed by atoms with Gasteiger partial charge in [0.25, 0.3) is 0 Å². The Morgan fingerprint density at radius 3 is 2.75 bits per heavy atom. The zero-order valence-electron chi connectivity index (χ0n) is 10.8. The standard InChI is InChI=1S/C13H11BrN4O2/c1-19-11-5-8(6-15)3-4-10(11)17-13-16-7-9(14)12(18-13)20-2/h3-5,7H,1-2H3,(H,16,17,18). The highest BCUT2D eigenvalue weighted by Gasteiger charge is 2.09. The number of anilines is 2. The molecule has 2 rings (SSSR count). The van der Waals surface area contributed by atoms with E-state index in [2.05, 4.69) is 37.3 Å². The summed E-state index contributed by atoms with van der Waals surface area (Å²) in [4.78, 5) is 8.32. The van der Waals surface area contributed by atoms with Gasteiger partial charge in [0.1, 0.15) is 5.75 Å². The number of aromatic nitrogens is 2. The van der Waals surface area contributed by atoms with Crippen LogP contribution in [0.3, 0.4) is 0 Å². The van der Waals surface area contributed by atoms with E-state index in [4.69, 9.17) is 14.7 Å². The summed E-state index contributed by atoms with van der Waals surface area (Å²) < 4.78 is 11.0. The van der Waals surface area contributed by atoms with E-state index in [1.807, 2.05) is 0 Å². The number of nitrogens with one attached hydrogen (secondary N) is 1. The van der Waals surface area contributed by atoms with Crippen LogP contribution in [0.2, 0.25) is 0 Å². The van der Waals surface area contributed by atoms with Crippen LogP contribution < -0.4 is 14.8 Å². The van der Waals surface area contributed by atoms with Gasteiger partial charge in [-0.2, -0.15) is 10.2 Å². The third kappa shape index (κ3) is 2.97. The van der Waals surface area contributed by atoms with Gasteiger partial charge in [-0.05, 0) is 28.1 Å². The van der Waals surface area contributed by atoms with E-state index in [1.165, 1.54) is 14.2 Å². The molecule has 0 radical (unpaired) electrons. The van der Waals surface area contributed by atoms with Crippen molar-refractivity contribution in [1.29, 1.82) is 5.26 Å². The molecule has 6 nitrogen and oxygen atoms in total. The average Bonchev–Trinajstić information content (AvgIpc) is 2.49. The first-order valence-electron chi connectivity index (χ1n) is 5.59. The molecule has 2 aromatic rings. The van der Waals surface area contributed by atoms with E-state index in [0.717, 1.165) is 0 Å². The summed E-state index contributed by atoms with van der Waals surface area (Å²) in [6, 6.07) is 7.10. The maximum absolute atomic E-state index is 8.86. The van der Waals surface area contributed by atoms with Crippen LogP contribution in [-0.4, -0.2) is 24.2 Å². The quantitative estimate of drug-likeness (QED) is 0.925. The first-order chi connectivity index (χ1) is 9.67. The molecule has 0 spiro atoms. The molecule has 0 bridgehead atoms. The Morgan fingerprint density at radius 1 is 1.30 bits per heavy atom. The van der Waals surface area contributed by atoms with Gasteiger partial charge in [-0.15, -0.1) is 0 Å². The van der Waals surface area contributed by atoms with Crippen LogP contribution in [0.15, 0.2) is 28.9 Å². The lowest BCUT2D eigenvalue weighted by atomic mass is 10.2. The van der Waals surface area contributed by atoms with Crippen LogP contribution in [0.5, 0.6) is 11.6 Å². The summed E-state index contributed by atoms with van der Waals surface area (Å²) in [5.41, 5.74) is 1.18. The Bertz CT molecular complexity index is 670. The van der Waals surface area contributed by atoms with Gasteiger partial charge < -0.3 is 14.8 Å². The number of benzene rings is 1. The van der Waals surface area contributed by atoms with Gasteiger partial charge in [0.05, 0.1) is 42.2 Å². The predicted molar refractivity (Wildman–Crippen MR) is 77.3 cm³/mol. The maximum Gasteiger partial charge on any atom is 0.232 e. The molecule has 20 heavy (non-hydrogen) atoms. The molecule has 1 aromatic carbocycles. The Labute approximate surface area is 124 Å². The van der Waals surface area contributed by atoms with E-state index in [-0.39, 0.29) is 0 Å². The molecule has 0 atom stereocenters. The zero-order chi connectivity index (χ0) is 14.5. The van der Waals surface area contributed by atoms with Gasteiger partial charge in [-0.25, -0.2) is 4.98 Å². The molecule has 0 aliphatic rings. The molecular weight excluding hydrogens is 324 g/mol. The average molecular weight is 335 g/mol. The molecule has 0 saturated carbocycles. The predicted octanol–water partition coefficient (Wildman–Crippen LogP) is 2.87. The second kappa shape index (κ2) is 6.21. The lowest BCUT2D eigenvalue weighted by Gasteiger charge is -2.11. The highest BCUT2D eigenvalue weighted by atomic mass is 79.9. The first kappa shape index (κ1) is 14.1. The van der Waals surface area contributed by atoms with Crippen molar-refractivity contribution in [3.63, 3.8) is 0 Å². The molecule has 102 valence electrons. The lowest BCUT2D eigenvalue weighted by molar-refractivity contribution is 0.394. The fraction of sp³-hybridized carbons (Fsp3) is 0.154. The van der Waals surface area contributed by atoms with Crippen molar-refractivity contribution in [1.82, 2.24) is 9.97 Å². The van der Waals surface area contributed by atoms with Gasteiger partial charge in [0.2, 0.25) is 11.8 Å². The number of nitrogens with zero attached hydrogens (tertiary/aromatic N) is 3. The molecule has 1 aromatic heterocycles. The van der Waals surface area contributed by atoms with Crippen molar-refractivity contribution in [3.05, 3.63) is 34.4 Å². The van der Waals surface area contributed by atoms with Crippen molar-refractivity contribution in [3.8, 4) is 17.7 Å². The van der Waals surface area contributed by atoms with Crippen molar-refractivity contribution >= 4 is 27.6 Å². The van der Waals surface area contributed by atoms with Crippen LogP contribution in [0.25, 0.3) is 0 Å². The Hall–Kier alpha value is -2.33. The van der Waals surface area contributed by atoms with E-state index in [0.29, 0.717) is 33.3 Å². The summed E-state index contributed by atoms with van der Waals surface area (Å²) in [7, 11) is 3.06.